The minimum Gasteiger partial charge on any atom is -0.477 e. The fraction of sp³-hybridized carbons (Fsp3) is 0.261. The van der Waals surface area contributed by atoms with Crippen LogP contribution in [0.15, 0.2) is 42.6 Å². The van der Waals surface area contributed by atoms with Crippen LogP contribution in [0.25, 0.3) is 23.4 Å². The van der Waals surface area contributed by atoms with Gasteiger partial charge in [0.1, 0.15) is 5.69 Å². The van der Waals surface area contributed by atoms with E-state index in [1.807, 2.05) is 54.7 Å². The molecule has 3 aromatic rings. The first-order valence-corrected chi connectivity index (χ1v) is 9.87. The van der Waals surface area contributed by atoms with Crippen LogP contribution in [0.5, 0.6) is 0 Å². The topological polar surface area (TPSA) is 94.0 Å². The minimum absolute atomic E-state index is 0.278. The number of benzene rings is 1. The van der Waals surface area contributed by atoms with Gasteiger partial charge in [-0.1, -0.05) is 36.4 Å². The number of nitrogens with zero attached hydrogens (tertiary/aromatic N) is 3. The lowest BCUT2D eigenvalue weighted by Gasteiger charge is -2.15. The van der Waals surface area contributed by atoms with Crippen molar-refractivity contribution in [3.8, 4) is 11.3 Å². The highest BCUT2D eigenvalue weighted by Gasteiger charge is 2.41. The molecule has 3 N–H and O–H groups in total. The maximum absolute atomic E-state index is 12.0. The molecule has 6 heteroatoms. The number of aromatic carboxylic acids is 1. The monoisotopic (exact) mass is 386 g/mol. The molecular weight excluding hydrogens is 364 g/mol. The smallest absolute Gasteiger partial charge is 0.354 e. The number of aryl methyl sites for hydroxylation is 1. The quantitative estimate of drug-likeness (QED) is 0.701. The molecule has 0 radical (unpaired) electrons. The van der Waals surface area contributed by atoms with Gasteiger partial charge in [0.25, 0.3) is 0 Å². The summed E-state index contributed by atoms with van der Waals surface area (Å²) in [6.45, 7) is 0.447. The highest BCUT2D eigenvalue weighted by Crippen LogP contribution is 2.38. The lowest BCUT2D eigenvalue weighted by molar-refractivity contribution is 0.0681. The van der Waals surface area contributed by atoms with E-state index in [2.05, 4.69) is 4.98 Å². The lowest BCUT2D eigenvalue weighted by Crippen LogP contribution is -2.30. The van der Waals surface area contributed by atoms with E-state index in [4.69, 9.17) is 10.8 Å². The molecule has 2 aromatic heterocycles. The lowest BCUT2D eigenvalue weighted by atomic mass is 9.89. The van der Waals surface area contributed by atoms with E-state index in [-0.39, 0.29) is 11.2 Å². The van der Waals surface area contributed by atoms with Crippen LogP contribution in [-0.4, -0.2) is 31.4 Å². The first-order valence-electron chi connectivity index (χ1n) is 9.87. The predicted molar refractivity (Wildman–Crippen MR) is 111 cm³/mol. The number of fused-ring (bicyclic) bond motifs is 3. The Bertz CT molecular complexity index is 1130. The second kappa shape index (κ2) is 6.67. The molecule has 1 fully saturated rings. The second-order valence-electron chi connectivity index (χ2n) is 8.01. The largest absolute Gasteiger partial charge is 0.477 e. The van der Waals surface area contributed by atoms with Gasteiger partial charge in [-0.05, 0) is 49.0 Å². The van der Waals surface area contributed by atoms with E-state index in [9.17, 15) is 9.90 Å². The Balaban J connectivity index is 1.55. The molecule has 29 heavy (non-hydrogen) atoms. The maximum Gasteiger partial charge on any atom is 0.354 e. The number of rotatable bonds is 5. The molecule has 0 saturated heterocycles. The van der Waals surface area contributed by atoms with Crippen molar-refractivity contribution in [3.05, 3.63) is 70.7 Å². The van der Waals surface area contributed by atoms with E-state index in [0.717, 1.165) is 52.9 Å². The summed E-state index contributed by atoms with van der Waals surface area (Å²) in [5, 5.41) is 14.5. The molecule has 5 rings (SSSR count). The SMILES string of the molecule is NC1(Cn2nc3c(c2C(=O)O)CCc2cnc(C=Cc4ccccc4)cc2-3)CC1. The van der Waals surface area contributed by atoms with Crippen molar-refractivity contribution in [2.75, 3.05) is 0 Å². The summed E-state index contributed by atoms with van der Waals surface area (Å²) in [6, 6.07) is 12.1. The Kier molecular flexibility index (Phi) is 4.10. The number of carbonyl (C=O) groups is 1. The van der Waals surface area contributed by atoms with Gasteiger partial charge in [0.2, 0.25) is 0 Å². The van der Waals surface area contributed by atoms with Crippen LogP contribution in [0.4, 0.5) is 0 Å². The number of carboxylic acid groups (broad SMARTS) is 1. The zero-order chi connectivity index (χ0) is 20.0. The standard InChI is InChI=1S/C23H22N4O2/c24-23(10-11-23)14-27-21(22(28)29)18-9-7-16-13-25-17(12-19(16)20(18)26-27)8-6-15-4-2-1-3-5-15/h1-6,8,12-13H,7,9-11,14,24H2,(H,28,29). The van der Waals surface area contributed by atoms with Gasteiger partial charge >= 0.3 is 5.97 Å². The first kappa shape index (κ1) is 17.8. The summed E-state index contributed by atoms with van der Waals surface area (Å²) < 4.78 is 1.61. The molecule has 0 spiro atoms. The molecule has 1 aromatic carbocycles. The summed E-state index contributed by atoms with van der Waals surface area (Å²) in [5.74, 6) is -0.940. The van der Waals surface area contributed by atoms with Crippen LogP contribution >= 0.6 is 0 Å². The Morgan fingerprint density at radius 2 is 2.00 bits per heavy atom. The van der Waals surface area contributed by atoms with Crippen molar-refractivity contribution in [1.82, 2.24) is 14.8 Å². The third kappa shape index (κ3) is 3.36. The van der Waals surface area contributed by atoms with Crippen LogP contribution in [0.3, 0.4) is 0 Å². The number of nitrogens with two attached hydrogens (primary N) is 1. The maximum atomic E-state index is 12.0. The molecule has 0 amide bonds. The molecule has 1 saturated carbocycles. The van der Waals surface area contributed by atoms with Crippen molar-refractivity contribution in [2.24, 2.45) is 5.73 Å². The molecule has 0 atom stereocenters. The highest BCUT2D eigenvalue weighted by atomic mass is 16.4. The van der Waals surface area contributed by atoms with Gasteiger partial charge in [-0.2, -0.15) is 5.10 Å². The highest BCUT2D eigenvalue weighted by molar-refractivity contribution is 5.91. The molecule has 0 unspecified atom stereocenters. The van der Waals surface area contributed by atoms with Crippen molar-refractivity contribution in [1.29, 1.82) is 0 Å². The Morgan fingerprint density at radius 3 is 2.72 bits per heavy atom. The fourth-order valence-corrected chi connectivity index (χ4v) is 3.94. The number of aromatic nitrogens is 3. The van der Waals surface area contributed by atoms with Crippen LogP contribution in [0.1, 0.15) is 45.7 Å². The summed E-state index contributed by atoms with van der Waals surface area (Å²) in [4.78, 5) is 16.5. The van der Waals surface area contributed by atoms with Gasteiger partial charge in [0, 0.05) is 22.9 Å². The van der Waals surface area contributed by atoms with Crippen LogP contribution < -0.4 is 5.73 Å². The second-order valence-corrected chi connectivity index (χ2v) is 8.01. The molecular formula is C23H22N4O2. The molecule has 2 aliphatic rings. The number of carboxylic acids is 1. The normalized spacial score (nSPS) is 16.4. The Morgan fingerprint density at radius 1 is 1.21 bits per heavy atom. The van der Waals surface area contributed by atoms with E-state index in [1.54, 1.807) is 4.68 Å². The van der Waals surface area contributed by atoms with E-state index >= 15 is 0 Å². The summed E-state index contributed by atoms with van der Waals surface area (Å²) >= 11 is 0. The number of hydrogen-bond acceptors (Lipinski definition) is 4. The third-order valence-electron chi connectivity index (χ3n) is 5.76. The predicted octanol–water partition coefficient (Wildman–Crippen LogP) is 3.40. The van der Waals surface area contributed by atoms with Crippen molar-refractivity contribution in [2.45, 2.75) is 37.8 Å². The third-order valence-corrected chi connectivity index (χ3v) is 5.76. The van der Waals surface area contributed by atoms with Crippen LogP contribution in [0.2, 0.25) is 0 Å². The minimum atomic E-state index is -0.940. The molecule has 2 aliphatic carbocycles. The van der Waals surface area contributed by atoms with Gasteiger partial charge in [-0.3, -0.25) is 9.67 Å². The van der Waals surface area contributed by atoms with Crippen molar-refractivity contribution < 1.29 is 9.90 Å². The molecule has 0 bridgehead atoms. The fourth-order valence-electron chi connectivity index (χ4n) is 3.94. The average Bonchev–Trinajstić information content (AvgIpc) is 3.32. The average molecular weight is 386 g/mol. The Hall–Kier alpha value is -3.25. The molecule has 0 aliphatic heterocycles. The zero-order valence-corrected chi connectivity index (χ0v) is 16.0. The number of pyridine rings is 1. The van der Waals surface area contributed by atoms with E-state index < -0.39 is 5.97 Å². The first-order chi connectivity index (χ1) is 14.0. The Labute approximate surface area is 168 Å². The van der Waals surface area contributed by atoms with E-state index in [1.165, 1.54) is 0 Å². The number of hydrogen-bond donors (Lipinski definition) is 2. The van der Waals surface area contributed by atoms with Gasteiger partial charge in [-0.15, -0.1) is 0 Å². The van der Waals surface area contributed by atoms with Crippen LogP contribution in [0, 0.1) is 0 Å². The summed E-state index contributed by atoms with van der Waals surface area (Å²) in [7, 11) is 0. The van der Waals surface area contributed by atoms with Gasteiger partial charge < -0.3 is 10.8 Å². The molecule has 146 valence electrons. The van der Waals surface area contributed by atoms with Crippen molar-refractivity contribution in [3.63, 3.8) is 0 Å². The zero-order valence-electron chi connectivity index (χ0n) is 16.0. The van der Waals surface area contributed by atoms with Gasteiger partial charge in [0.15, 0.2) is 0 Å². The summed E-state index contributed by atoms with van der Waals surface area (Å²) in [5.41, 5.74) is 11.8. The van der Waals surface area contributed by atoms with E-state index in [0.29, 0.717) is 13.0 Å². The van der Waals surface area contributed by atoms with Crippen molar-refractivity contribution >= 4 is 18.1 Å². The molecule has 6 nitrogen and oxygen atoms in total. The summed E-state index contributed by atoms with van der Waals surface area (Å²) in [6.07, 6.45) is 9.11. The van der Waals surface area contributed by atoms with Gasteiger partial charge in [-0.25, -0.2) is 4.79 Å². The molecule has 2 heterocycles. The van der Waals surface area contributed by atoms with Gasteiger partial charge in [0.05, 0.1) is 17.9 Å². The van der Waals surface area contributed by atoms with Crippen LogP contribution in [-0.2, 0) is 19.4 Å².